The largest absolute Gasteiger partial charge is 0.486 e. The standard InChI is InChI=1S/C30H33Cl2N3O6S/c1-3-14-33-30(37)26(17-21-8-5-4-6-9-21)34(19-23-24(31)10-7-11-25(23)32)29(36)20-35(42(2,38)39)22-12-13-27-28(18-22)41-16-15-40-27/h4-13,18,26H,3,14-17,19-20H2,1-2H3,(H,33,37)/t26-/m1/s1. The van der Waals surface area contributed by atoms with Gasteiger partial charge in [-0.25, -0.2) is 8.42 Å². The highest BCUT2D eigenvalue weighted by molar-refractivity contribution is 7.92. The molecule has 1 aliphatic rings. The highest BCUT2D eigenvalue weighted by Crippen LogP contribution is 2.35. The Hall–Kier alpha value is -3.47. The highest BCUT2D eigenvalue weighted by Gasteiger charge is 2.34. The summed E-state index contributed by atoms with van der Waals surface area (Å²) in [6.45, 7) is 2.33. The molecule has 0 unspecified atom stereocenters. The Balaban J connectivity index is 1.75. The van der Waals surface area contributed by atoms with Crippen molar-refractivity contribution < 1.29 is 27.5 Å². The normalized spacial score (nSPS) is 13.2. The number of amides is 2. The quantitative estimate of drug-likeness (QED) is 0.310. The number of sulfonamides is 1. The van der Waals surface area contributed by atoms with Crippen LogP contribution in [0.15, 0.2) is 66.7 Å². The van der Waals surface area contributed by atoms with Crippen LogP contribution in [-0.4, -0.2) is 63.7 Å². The fourth-order valence-corrected chi connectivity index (χ4v) is 5.93. The van der Waals surface area contributed by atoms with Crippen LogP contribution in [0.3, 0.4) is 0 Å². The molecule has 4 rings (SSSR count). The minimum absolute atomic E-state index is 0.118. The molecular formula is C30H33Cl2N3O6S. The Morgan fingerprint density at radius 2 is 1.62 bits per heavy atom. The van der Waals surface area contributed by atoms with Crippen LogP contribution in [0.2, 0.25) is 10.0 Å². The average molecular weight is 635 g/mol. The lowest BCUT2D eigenvalue weighted by Gasteiger charge is -2.34. The lowest BCUT2D eigenvalue weighted by molar-refractivity contribution is -0.140. The van der Waals surface area contributed by atoms with Gasteiger partial charge in [-0.1, -0.05) is 66.5 Å². The van der Waals surface area contributed by atoms with Crippen molar-refractivity contribution >= 4 is 50.7 Å². The topological polar surface area (TPSA) is 105 Å². The molecule has 3 aromatic rings. The first-order valence-electron chi connectivity index (χ1n) is 13.5. The van der Waals surface area contributed by atoms with Gasteiger partial charge in [-0.05, 0) is 36.2 Å². The van der Waals surface area contributed by atoms with Gasteiger partial charge in [-0.3, -0.25) is 13.9 Å². The number of hydrogen-bond acceptors (Lipinski definition) is 6. The van der Waals surface area contributed by atoms with Gasteiger partial charge in [0.25, 0.3) is 0 Å². The molecule has 3 aromatic carbocycles. The molecule has 0 aliphatic carbocycles. The van der Waals surface area contributed by atoms with Crippen molar-refractivity contribution in [3.63, 3.8) is 0 Å². The van der Waals surface area contributed by atoms with Gasteiger partial charge >= 0.3 is 0 Å². The minimum Gasteiger partial charge on any atom is -0.486 e. The maximum absolute atomic E-state index is 14.2. The molecule has 42 heavy (non-hydrogen) atoms. The van der Waals surface area contributed by atoms with Crippen LogP contribution in [0.4, 0.5) is 5.69 Å². The van der Waals surface area contributed by atoms with Gasteiger partial charge < -0.3 is 19.7 Å². The van der Waals surface area contributed by atoms with Crippen molar-refractivity contribution in [2.24, 2.45) is 0 Å². The molecule has 0 bridgehead atoms. The van der Waals surface area contributed by atoms with Crippen LogP contribution < -0.4 is 19.1 Å². The number of benzene rings is 3. The summed E-state index contributed by atoms with van der Waals surface area (Å²) in [5, 5.41) is 3.53. The Bertz CT molecular complexity index is 1500. The van der Waals surface area contributed by atoms with E-state index in [2.05, 4.69) is 5.32 Å². The molecule has 0 saturated carbocycles. The summed E-state index contributed by atoms with van der Waals surface area (Å²) in [5.41, 5.74) is 1.49. The second kappa shape index (κ2) is 14.1. The van der Waals surface area contributed by atoms with Crippen LogP contribution >= 0.6 is 23.2 Å². The Kier molecular flexibility index (Phi) is 10.6. The molecule has 1 N–H and O–H groups in total. The monoisotopic (exact) mass is 633 g/mol. The molecule has 0 spiro atoms. The number of carbonyl (C=O) groups is 2. The van der Waals surface area contributed by atoms with E-state index in [1.54, 1.807) is 30.3 Å². The summed E-state index contributed by atoms with van der Waals surface area (Å²) in [6.07, 6.45) is 1.90. The summed E-state index contributed by atoms with van der Waals surface area (Å²) in [4.78, 5) is 29.1. The fourth-order valence-electron chi connectivity index (χ4n) is 4.57. The van der Waals surface area contributed by atoms with E-state index in [0.717, 1.165) is 16.1 Å². The number of nitrogens with one attached hydrogen (secondary N) is 1. The third kappa shape index (κ3) is 7.87. The van der Waals surface area contributed by atoms with Crippen LogP contribution in [-0.2, 0) is 32.6 Å². The fraction of sp³-hybridized carbons (Fsp3) is 0.333. The van der Waals surface area contributed by atoms with Crippen LogP contribution in [0.1, 0.15) is 24.5 Å². The van der Waals surface area contributed by atoms with E-state index in [9.17, 15) is 18.0 Å². The number of halogens is 2. The molecular weight excluding hydrogens is 601 g/mol. The first-order chi connectivity index (χ1) is 20.1. The van der Waals surface area contributed by atoms with Crippen molar-refractivity contribution in [3.05, 3.63) is 87.9 Å². The number of fused-ring (bicyclic) bond motifs is 1. The van der Waals surface area contributed by atoms with Gasteiger partial charge in [0.15, 0.2) is 11.5 Å². The molecule has 9 nitrogen and oxygen atoms in total. The average Bonchev–Trinajstić information content (AvgIpc) is 2.97. The number of anilines is 1. The zero-order chi connectivity index (χ0) is 30.3. The van der Waals surface area contributed by atoms with E-state index < -0.39 is 28.5 Å². The SMILES string of the molecule is CCCNC(=O)[C@@H](Cc1ccccc1)N(Cc1c(Cl)cccc1Cl)C(=O)CN(c1ccc2c(c1)OCCO2)S(C)(=O)=O. The van der Waals surface area contributed by atoms with Gasteiger partial charge in [0, 0.05) is 41.2 Å². The molecule has 12 heteroatoms. The third-order valence-corrected chi connectivity index (χ3v) is 8.55. The minimum atomic E-state index is -3.94. The molecule has 0 fully saturated rings. The van der Waals surface area contributed by atoms with Crippen LogP contribution in [0, 0.1) is 0 Å². The van der Waals surface area contributed by atoms with Gasteiger partial charge in [0.2, 0.25) is 21.8 Å². The maximum Gasteiger partial charge on any atom is 0.244 e. The van der Waals surface area contributed by atoms with Crippen molar-refractivity contribution in [1.82, 2.24) is 10.2 Å². The molecule has 2 amide bonds. The van der Waals surface area contributed by atoms with Gasteiger partial charge in [0.1, 0.15) is 25.8 Å². The molecule has 1 heterocycles. The highest BCUT2D eigenvalue weighted by atomic mass is 35.5. The lowest BCUT2D eigenvalue weighted by atomic mass is 10.0. The molecule has 0 radical (unpaired) electrons. The van der Waals surface area contributed by atoms with Gasteiger partial charge in [-0.2, -0.15) is 0 Å². The number of carbonyl (C=O) groups excluding carboxylic acids is 2. The Morgan fingerprint density at radius 3 is 2.26 bits per heavy atom. The third-order valence-electron chi connectivity index (χ3n) is 6.70. The number of nitrogens with zero attached hydrogens (tertiary/aromatic N) is 2. The first-order valence-corrected chi connectivity index (χ1v) is 16.1. The molecule has 224 valence electrons. The molecule has 0 saturated heterocycles. The predicted octanol–water partition coefficient (Wildman–Crippen LogP) is 4.70. The van der Waals surface area contributed by atoms with Gasteiger partial charge in [-0.15, -0.1) is 0 Å². The lowest BCUT2D eigenvalue weighted by Crippen LogP contribution is -2.53. The summed E-state index contributed by atoms with van der Waals surface area (Å²) >= 11 is 13.0. The summed E-state index contributed by atoms with van der Waals surface area (Å²) in [6, 6.07) is 17.9. The second-order valence-corrected chi connectivity index (χ2v) is 12.5. The predicted molar refractivity (Wildman–Crippen MR) is 164 cm³/mol. The van der Waals surface area contributed by atoms with E-state index in [1.165, 1.54) is 11.0 Å². The molecule has 1 atom stereocenters. The van der Waals surface area contributed by atoms with E-state index in [0.29, 0.717) is 53.3 Å². The summed E-state index contributed by atoms with van der Waals surface area (Å²) < 4.78 is 38.2. The zero-order valence-electron chi connectivity index (χ0n) is 23.4. The Morgan fingerprint density at radius 1 is 0.952 bits per heavy atom. The van der Waals surface area contributed by atoms with Gasteiger partial charge in [0.05, 0.1) is 11.9 Å². The van der Waals surface area contributed by atoms with Crippen molar-refractivity contribution in [1.29, 1.82) is 0 Å². The Labute approximate surface area is 256 Å². The number of hydrogen-bond donors (Lipinski definition) is 1. The van der Waals surface area contributed by atoms with E-state index in [1.807, 2.05) is 37.3 Å². The van der Waals surface area contributed by atoms with Crippen LogP contribution in [0.5, 0.6) is 11.5 Å². The van der Waals surface area contributed by atoms with Crippen LogP contribution in [0.25, 0.3) is 0 Å². The smallest absolute Gasteiger partial charge is 0.244 e. The van der Waals surface area contributed by atoms with Crippen molar-refractivity contribution in [3.8, 4) is 11.5 Å². The van der Waals surface area contributed by atoms with Crippen molar-refractivity contribution in [2.45, 2.75) is 32.4 Å². The molecule has 1 aliphatic heterocycles. The van der Waals surface area contributed by atoms with Crippen molar-refractivity contribution in [2.75, 3.05) is 36.9 Å². The van der Waals surface area contributed by atoms with E-state index >= 15 is 0 Å². The zero-order valence-corrected chi connectivity index (χ0v) is 25.7. The molecule has 0 aromatic heterocycles. The maximum atomic E-state index is 14.2. The van der Waals surface area contributed by atoms with E-state index in [-0.39, 0.29) is 24.6 Å². The van der Waals surface area contributed by atoms with E-state index in [4.69, 9.17) is 32.7 Å². The number of rotatable bonds is 12. The first kappa shape index (κ1) is 31.5. The number of ether oxygens (including phenoxy) is 2. The summed E-state index contributed by atoms with van der Waals surface area (Å²) in [5.74, 6) is -0.128. The summed E-state index contributed by atoms with van der Waals surface area (Å²) in [7, 11) is -3.94. The second-order valence-electron chi connectivity index (χ2n) is 9.82.